The summed E-state index contributed by atoms with van der Waals surface area (Å²) in [6.45, 7) is 0.589. The summed E-state index contributed by atoms with van der Waals surface area (Å²) in [5, 5.41) is 22.1. The lowest BCUT2D eigenvalue weighted by Gasteiger charge is -2.21. The molecule has 98 valence electrons. The number of phenols is 2. The Morgan fingerprint density at radius 3 is 2.94 bits per heavy atom. The summed E-state index contributed by atoms with van der Waals surface area (Å²) in [5.41, 5.74) is 0.114. The summed E-state index contributed by atoms with van der Waals surface area (Å²) in [4.78, 5) is 11.9. The van der Waals surface area contributed by atoms with Crippen molar-refractivity contribution < 1.29 is 15.0 Å². The second kappa shape index (κ2) is 6.24. The van der Waals surface area contributed by atoms with E-state index in [0.717, 1.165) is 11.5 Å². The van der Waals surface area contributed by atoms with E-state index in [0.29, 0.717) is 11.8 Å². The second-order valence-electron chi connectivity index (χ2n) is 3.95. The molecule has 0 saturated carbocycles. The standard InChI is InChI=1S/C12H15NO3S2/c14-10-3-1-2-9(11(10)15)12(16)13-6-8-7-17-4-5-18-8/h1-3,8,14-15H,4-7H2,(H,13,16). The molecule has 0 radical (unpaired) electrons. The van der Waals surface area contributed by atoms with Gasteiger partial charge in [0.25, 0.3) is 5.91 Å². The summed E-state index contributed by atoms with van der Waals surface area (Å²) < 4.78 is 0. The molecule has 0 aliphatic carbocycles. The molecule has 2 rings (SSSR count). The fraction of sp³-hybridized carbons (Fsp3) is 0.417. The van der Waals surface area contributed by atoms with Crippen LogP contribution in [0, 0.1) is 0 Å². The first-order valence-corrected chi connectivity index (χ1v) is 7.87. The molecule has 0 spiro atoms. The lowest BCUT2D eigenvalue weighted by Crippen LogP contribution is -2.33. The van der Waals surface area contributed by atoms with E-state index in [4.69, 9.17) is 0 Å². The molecule has 1 atom stereocenters. The van der Waals surface area contributed by atoms with Gasteiger partial charge in [-0.1, -0.05) is 6.07 Å². The molecule has 1 amide bonds. The molecule has 3 N–H and O–H groups in total. The average molecular weight is 285 g/mol. The topological polar surface area (TPSA) is 69.6 Å². The Morgan fingerprint density at radius 1 is 1.39 bits per heavy atom. The van der Waals surface area contributed by atoms with Gasteiger partial charge in [0.15, 0.2) is 11.5 Å². The van der Waals surface area contributed by atoms with Gasteiger partial charge in [-0.15, -0.1) is 0 Å². The summed E-state index contributed by atoms with van der Waals surface area (Å²) in [5.74, 6) is 2.34. The third kappa shape index (κ3) is 3.26. The number of para-hydroxylation sites is 1. The molecule has 1 saturated heterocycles. The van der Waals surface area contributed by atoms with Crippen LogP contribution in [0.25, 0.3) is 0 Å². The van der Waals surface area contributed by atoms with E-state index < -0.39 is 0 Å². The van der Waals surface area contributed by atoms with Gasteiger partial charge in [0.2, 0.25) is 0 Å². The average Bonchev–Trinajstić information content (AvgIpc) is 2.40. The molecule has 1 heterocycles. The number of rotatable bonds is 3. The van der Waals surface area contributed by atoms with E-state index >= 15 is 0 Å². The van der Waals surface area contributed by atoms with Gasteiger partial charge in [0.1, 0.15) is 0 Å². The Labute approximate surface area is 114 Å². The fourth-order valence-electron chi connectivity index (χ4n) is 1.67. The molecule has 4 nitrogen and oxygen atoms in total. The molecule has 0 aromatic heterocycles. The van der Waals surface area contributed by atoms with Gasteiger partial charge in [-0.25, -0.2) is 0 Å². The molecule has 1 fully saturated rings. The van der Waals surface area contributed by atoms with Crippen molar-refractivity contribution in [3.63, 3.8) is 0 Å². The normalized spacial score (nSPS) is 19.4. The number of hydrogen-bond acceptors (Lipinski definition) is 5. The number of aromatic hydroxyl groups is 2. The first-order chi connectivity index (χ1) is 8.68. The Kier molecular flexibility index (Phi) is 4.66. The van der Waals surface area contributed by atoms with Crippen molar-refractivity contribution >= 4 is 29.4 Å². The van der Waals surface area contributed by atoms with Crippen LogP contribution in [0.15, 0.2) is 18.2 Å². The summed E-state index contributed by atoms with van der Waals surface area (Å²) in [7, 11) is 0. The zero-order valence-corrected chi connectivity index (χ0v) is 11.4. The first kappa shape index (κ1) is 13.4. The maximum atomic E-state index is 11.9. The lowest BCUT2D eigenvalue weighted by atomic mass is 10.1. The largest absolute Gasteiger partial charge is 0.504 e. The summed E-state index contributed by atoms with van der Waals surface area (Å²) in [6.07, 6.45) is 0. The quantitative estimate of drug-likeness (QED) is 0.737. The highest BCUT2D eigenvalue weighted by atomic mass is 32.2. The molecule has 6 heteroatoms. The summed E-state index contributed by atoms with van der Waals surface area (Å²) in [6, 6.07) is 4.38. The number of benzene rings is 1. The van der Waals surface area contributed by atoms with E-state index in [1.807, 2.05) is 23.5 Å². The van der Waals surface area contributed by atoms with Crippen LogP contribution >= 0.6 is 23.5 Å². The molecule has 1 unspecified atom stereocenters. The Bertz CT molecular complexity index is 433. The number of nitrogens with one attached hydrogen (secondary N) is 1. The van der Waals surface area contributed by atoms with Crippen LogP contribution in [-0.2, 0) is 0 Å². The second-order valence-corrected chi connectivity index (χ2v) is 6.51. The van der Waals surface area contributed by atoms with Crippen LogP contribution < -0.4 is 5.32 Å². The number of hydrogen-bond donors (Lipinski definition) is 3. The van der Waals surface area contributed by atoms with Crippen molar-refractivity contribution in [1.82, 2.24) is 5.32 Å². The third-order valence-corrected chi connectivity index (χ3v) is 5.48. The van der Waals surface area contributed by atoms with Gasteiger partial charge in [-0.2, -0.15) is 23.5 Å². The van der Waals surface area contributed by atoms with Crippen LogP contribution in [0.4, 0.5) is 0 Å². The SMILES string of the molecule is O=C(NCC1CSCCS1)c1cccc(O)c1O. The van der Waals surface area contributed by atoms with Gasteiger partial charge in [-0.05, 0) is 12.1 Å². The highest BCUT2D eigenvalue weighted by Gasteiger charge is 2.18. The number of phenolic OH excluding ortho intramolecular Hbond substituents is 2. The highest BCUT2D eigenvalue weighted by molar-refractivity contribution is 8.06. The minimum Gasteiger partial charge on any atom is -0.504 e. The van der Waals surface area contributed by atoms with Crippen molar-refractivity contribution in [2.75, 3.05) is 23.8 Å². The predicted octanol–water partition coefficient (Wildman–Crippen LogP) is 1.68. The Balaban J connectivity index is 1.93. The predicted molar refractivity (Wildman–Crippen MR) is 75.7 cm³/mol. The van der Waals surface area contributed by atoms with Crippen molar-refractivity contribution in [2.45, 2.75) is 5.25 Å². The van der Waals surface area contributed by atoms with Crippen LogP contribution in [0.1, 0.15) is 10.4 Å². The minimum absolute atomic E-state index is 0.114. The highest BCUT2D eigenvalue weighted by Crippen LogP contribution is 2.28. The fourth-order valence-corrected chi connectivity index (χ4v) is 4.28. The van der Waals surface area contributed by atoms with E-state index in [9.17, 15) is 15.0 Å². The lowest BCUT2D eigenvalue weighted by molar-refractivity contribution is 0.0951. The number of amides is 1. The third-order valence-electron chi connectivity index (χ3n) is 2.63. The first-order valence-electron chi connectivity index (χ1n) is 5.67. The maximum absolute atomic E-state index is 11.9. The molecule has 1 aromatic carbocycles. The van der Waals surface area contributed by atoms with Gasteiger partial charge >= 0.3 is 0 Å². The molecule has 1 aliphatic heterocycles. The van der Waals surface area contributed by atoms with Crippen molar-refractivity contribution in [3.05, 3.63) is 23.8 Å². The van der Waals surface area contributed by atoms with Gasteiger partial charge in [0, 0.05) is 29.1 Å². The molecule has 1 aromatic rings. The molecule has 1 aliphatic rings. The van der Waals surface area contributed by atoms with Crippen LogP contribution in [0.5, 0.6) is 11.5 Å². The molecule has 18 heavy (non-hydrogen) atoms. The minimum atomic E-state index is -0.360. The van der Waals surface area contributed by atoms with E-state index in [-0.39, 0.29) is 23.0 Å². The van der Waals surface area contributed by atoms with Crippen molar-refractivity contribution in [2.24, 2.45) is 0 Å². The van der Waals surface area contributed by atoms with Crippen LogP contribution in [-0.4, -0.2) is 45.2 Å². The monoisotopic (exact) mass is 285 g/mol. The molecule has 0 bridgehead atoms. The number of carbonyl (C=O) groups is 1. The smallest absolute Gasteiger partial charge is 0.255 e. The molecular weight excluding hydrogens is 270 g/mol. The van der Waals surface area contributed by atoms with E-state index in [1.165, 1.54) is 24.0 Å². The summed E-state index contributed by atoms with van der Waals surface area (Å²) >= 11 is 3.75. The zero-order chi connectivity index (χ0) is 13.0. The van der Waals surface area contributed by atoms with Gasteiger partial charge in [-0.3, -0.25) is 4.79 Å². The van der Waals surface area contributed by atoms with Crippen LogP contribution in [0.3, 0.4) is 0 Å². The van der Waals surface area contributed by atoms with Crippen molar-refractivity contribution in [1.29, 1.82) is 0 Å². The van der Waals surface area contributed by atoms with Crippen molar-refractivity contribution in [3.8, 4) is 11.5 Å². The van der Waals surface area contributed by atoms with Gasteiger partial charge in [0.05, 0.1) is 5.56 Å². The number of thioether (sulfide) groups is 2. The Morgan fingerprint density at radius 2 is 2.22 bits per heavy atom. The number of carbonyl (C=O) groups excluding carboxylic acids is 1. The maximum Gasteiger partial charge on any atom is 0.255 e. The van der Waals surface area contributed by atoms with E-state index in [1.54, 1.807) is 0 Å². The van der Waals surface area contributed by atoms with Crippen LogP contribution in [0.2, 0.25) is 0 Å². The molecular formula is C12H15NO3S2. The zero-order valence-electron chi connectivity index (χ0n) is 9.76. The van der Waals surface area contributed by atoms with E-state index in [2.05, 4.69) is 5.32 Å². The van der Waals surface area contributed by atoms with Gasteiger partial charge < -0.3 is 15.5 Å². The Hall–Kier alpha value is -1.01.